The number of nitrogens with zero attached hydrogens (tertiary/aromatic N) is 2. The third kappa shape index (κ3) is 2.87. The number of carbonyl (C=O) groups is 1. The van der Waals surface area contributed by atoms with Crippen LogP contribution in [0.2, 0.25) is 0 Å². The first-order valence-electron chi connectivity index (χ1n) is 6.49. The van der Waals surface area contributed by atoms with Crippen LogP contribution < -0.4 is 5.32 Å². The lowest BCUT2D eigenvalue weighted by atomic mass is 9.85. The summed E-state index contributed by atoms with van der Waals surface area (Å²) in [6.45, 7) is 2.11. The maximum absolute atomic E-state index is 12.2. The summed E-state index contributed by atoms with van der Waals surface area (Å²) in [6, 6.07) is 0.0862. The standard InChI is InChI=1S/C12H19N3O2S/c1-2-9-11(18-15-14-9)12(17)13-10-6-4-3-5-8(10)7-16/h8,10,16H,2-7H2,1H3,(H,13,17). The molecule has 2 N–H and O–H groups in total. The van der Waals surface area contributed by atoms with Crippen molar-refractivity contribution in [3.8, 4) is 0 Å². The van der Waals surface area contributed by atoms with Crippen LogP contribution in [0.3, 0.4) is 0 Å². The highest BCUT2D eigenvalue weighted by Gasteiger charge is 2.27. The summed E-state index contributed by atoms with van der Waals surface area (Å²) in [5, 5.41) is 16.3. The minimum absolute atomic E-state index is 0.0862. The van der Waals surface area contributed by atoms with Gasteiger partial charge < -0.3 is 10.4 Å². The molecule has 0 aliphatic heterocycles. The molecule has 6 heteroatoms. The molecule has 1 heterocycles. The van der Waals surface area contributed by atoms with E-state index >= 15 is 0 Å². The number of aromatic nitrogens is 2. The molecule has 2 unspecified atom stereocenters. The van der Waals surface area contributed by atoms with E-state index in [0.29, 0.717) is 11.3 Å². The fourth-order valence-electron chi connectivity index (χ4n) is 2.46. The third-order valence-electron chi connectivity index (χ3n) is 3.56. The van der Waals surface area contributed by atoms with E-state index in [0.717, 1.165) is 42.9 Å². The first-order chi connectivity index (χ1) is 8.76. The second-order valence-corrected chi connectivity index (χ2v) is 5.46. The van der Waals surface area contributed by atoms with Crippen LogP contribution in [-0.2, 0) is 6.42 Å². The summed E-state index contributed by atoms with van der Waals surface area (Å²) in [5.41, 5.74) is 0.758. The highest BCUT2D eigenvalue weighted by Crippen LogP contribution is 2.24. The molecule has 0 spiro atoms. The summed E-state index contributed by atoms with van der Waals surface area (Å²) in [4.78, 5) is 12.8. The first kappa shape index (κ1) is 13.4. The number of carbonyl (C=O) groups excluding carboxylic acids is 1. The van der Waals surface area contributed by atoms with Gasteiger partial charge in [0.05, 0.1) is 5.69 Å². The normalized spacial score (nSPS) is 23.9. The number of amides is 1. The van der Waals surface area contributed by atoms with Gasteiger partial charge in [-0.2, -0.15) is 0 Å². The van der Waals surface area contributed by atoms with Crippen molar-refractivity contribution in [1.29, 1.82) is 0 Å². The third-order valence-corrected chi connectivity index (χ3v) is 4.32. The lowest BCUT2D eigenvalue weighted by Gasteiger charge is -2.30. The molecule has 5 nitrogen and oxygen atoms in total. The number of aliphatic hydroxyl groups is 1. The van der Waals surface area contributed by atoms with E-state index < -0.39 is 0 Å². The van der Waals surface area contributed by atoms with Gasteiger partial charge in [-0.1, -0.05) is 24.3 Å². The van der Waals surface area contributed by atoms with Crippen LogP contribution in [0.4, 0.5) is 0 Å². The average molecular weight is 269 g/mol. The van der Waals surface area contributed by atoms with Crippen molar-refractivity contribution in [2.75, 3.05) is 6.61 Å². The van der Waals surface area contributed by atoms with Gasteiger partial charge in [-0.05, 0) is 30.8 Å². The van der Waals surface area contributed by atoms with Gasteiger partial charge in [0.15, 0.2) is 0 Å². The van der Waals surface area contributed by atoms with Gasteiger partial charge in [-0.15, -0.1) is 5.10 Å². The van der Waals surface area contributed by atoms with E-state index in [1.54, 1.807) is 0 Å². The van der Waals surface area contributed by atoms with E-state index in [1.807, 2.05) is 6.92 Å². The van der Waals surface area contributed by atoms with Gasteiger partial charge in [0, 0.05) is 18.6 Å². The molecule has 1 amide bonds. The molecule has 0 radical (unpaired) electrons. The van der Waals surface area contributed by atoms with Gasteiger partial charge in [0.2, 0.25) is 0 Å². The summed E-state index contributed by atoms with van der Waals surface area (Å²) >= 11 is 1.14. The van der Waals surface area contributed by atoms with Crippen LogP contribution in [0.1, 0.15) is 48.0 Å². The lowest BCUT2D eigenvalue weighted by molar-refractivity contribution is 0.0875. The fourth-order valence-corrected chi connectivity index (χ4v) is 3.12. The Hall–Kier alpha value is -1.01. The largest absolute Gasteiger partial charge is 0.396 e. The van der Waals surface area contributed by atoms with Crippen LogP contribution >= 0.6 is 11.5 Å². The molecular weight excluding hydrogens is 250 g/mol. The van der Waals surface area contributed by atoms with Gasteiger partial charge in [-0.3, -0.25) is 4.79 Å². The van der Waals surface area contributed by atoms with Crippen LogP contribution in [0.15, 0.2) is 0 Å². The van der Waals surface area contributed by atoms with Crippen molar-refractivity contribution in [1.82, 2.24) is 14.9 Å². The van der Waals surface area contributed by atoms with Crippen LogP contribution in [0, 0.1) is 5.92 Å². The molecule has 2 atom stereocenters. The molecule has 18 heavy (non-hydrogen) atoms. The maximum atomic E-state index is 12.2. The maximum Gasteiger partial charge on any atom is 0.265 e. The Balaban J connectivity index is 2.02. The summed E-state index contributed by atoms with van der Waals surface area (Å²) < 4.78 is 3.83. The minimum atomic E-state index is -0.0906. The predicted octanol–water partition coefficient (Wildman–Crippen LogP) is 1.38. The Morgan fingerprint density at radius 1 is 1.50 bits per heavy atom. The molecule has 1 saturated carbocycles. The number of aliphatic hydroxyl groups excluding tert-OH is 1. The second kappa shape index (κ2) is 6.24. The zero-order valence-corrected chi connectivity index (χ0v) is 11.4. The molecule has 1 aromatic rings. The smallest absolute Gasteiger partial charge is 0.265 e. The van der Waals surface area contributed by atoms with Crippen LogP contribution in [0.5, 0.6) is 0 Å². The first-order valence-corrected chi connectivity index (χ1v) is 7.26. The summed E-state index contributed by atoms with van der Waals surface area (Å²) in [5.74, 6) is 0.0980. The summed E-state index contributed by atoms with van der Waals surface area (Å²) in [7, 11) is 0. The van der Waals surface area contributed by atoms with E-state index in [9.17, 15) is 9.90 Å². The van der Waals surface area contributed by atoms with Crippen molar-refractivity contribution >= 4 is 17.4 Å². The second-order valence-electron chi connectivity index (χ2n) is 4.71. The number of hydrogen-bond donors (Lipinski definition) is 2. The zero-order valence-electron chi connectivity index (χ0n) is 10.6. The number of nitrogens with one attached hydrogen (secondary N) is 1. The number of hydrogen-bond acceptors (Lipinski definition) is 5. The Morgan fingerprint density at radius 2 is 2.28 bits per heavy atom. The molecule has 0 saturated heterocycles. The summed E-state index contributed by atoms with van der Waals surface area (Å²) in [6.07, 6.45) is 4.91. The monoisotopic (exact) mass is 269 g/mol. The quantitative estimate of drug-likeness (QED) is 0.866. The predicted molar refractivity (Wildman–Crippen MR) is 69.6 cm³/mol. The van der Waals surface area contributed by atoms with Crippen molar-refractivity contribution in [2.24, 2.45) is 5.92 Å². The number of aryl methyl sites for hydroxylation is 1. The molecule has 1 aliphatic rings. The van der Waals surface area contributed by atoms with E-state index in [1.165, 1.54) is 0 Å². The van der Waals surface area contributed by atoms with E-state index in [-0.39, 0.29) is 24.5 Å². The molecule has 0 aromatic carbocycles. The van der Waals surface area contributed by atoms with Gasteiger partial charge in [0.25, 0.3) is 5.91 Å². The fraction of sp³-hybridized carbons (Fsp3) is 0.750. The van der Waals surface area contributed by atoms with E-state index in [2.05, 4.69) is 14.9 Å². The molecular formula is C12H19N3O2S. The lowest BCUT2D eigenvalue weighted by Crippen LogP contribution is -2.43. The van der Waals surface area contributed by atoms with Crippen molar-refractivity contribution in [3.63, 3.8) is 0 Å². The SMILES string of the molecule is CCc1nnsc1C(=O)NC1CCCCC1CO. The Labute approximate surface area is 111 Å². The Kier molecular flexibility index (Phi) is 4.66. The number of rotatable bonds is 4. The molecule has 2 rings (SSSR count). The van der Waals surface area contributed by atoms with Crippen molar-refractivity contribution in [2.45, 2.75) is 45.1 Å². The van der Waals surface area contributed by atoms with Crippen molar-refractivity contribution in [3.05, 3.63) is 10.6 Å². The zero-order chi connectivity index (χ0) is 13.0. The highest BCUT2D eigenvalue weighted by atomic mass is 32.1. The molecule has 1 fully saturated rings. The van der Waals surface area contributed by atoms with Crippen LogP contribution in [-0.4, -0.2) is 33.2 Å². The molecule has 0 bridgehead atoms. The minimum Gasteiger partial charge on any atom is -0.396 e. The Morgan fingerprint density at radius 3 is 3.00 bits per heavy atom. The topological polar surface area (TPSA) is 75.1 Å². The molecule has 100 valence electrons. The van der Waals surface area contributed by atoms with Crippen LogP contribution in [0.25, 0.3) is 0 Å². The Bertz CT molecular complexity index is 408. The van der Waals surface area contributed by atoms with Crippen molar-refractivity contribution < 1.29 is 9.90 Å². The van der Waals surface area contributed by atoms with Gasteiger partial charge in [0.1, 0.15) is 4.88 Å². The molecule has 1 aliphatic carbocycles. The molecule has 1 aromatic heterocycles. The highest BCUT2D eigenvalue weighted by molar-refractivity contribution is 7.08. The van der Waals surface area contributed by atoms with E-state index in [4.69, 9.17) is 0 Å². The van der Waals surface area contributed by atoms with Gasteiger partial charge in [-0.25, -0.2) is 0 Å². The average Bonchev–Trinajstić information content (AvgIpc) is 2.87. The van der Waals surface area contributed by atoms with Gasteiger partial charge >= 0.3 is 0 Å².